The minimum absolute atomic E-state index is 0.0125. The SMILES string of the molecule is CCC1(Nc2ccc(C(=O)O)c([N+](=O)[O-])c2)CCC1. The van der Waals surface area contributed by atoms with Crippen molar-refractivity contribution in [2.75, 3.05) is 5.32 Å². The van der Waals surface area contributed by atoms with Gasteiger partial charge in [0.05, 0.1) is 4.92 Å². The first-order chi connectivity index (χ1) is 8.97. The van der Waals surface area contributed by atoms with E-state index in [2.05, 4.69) is 12.2 Å². The molecule has 0 amide bonds. The number of nitrogens with one attached hydrogen (secondary N) is 1. The molecule has 1 aliphatic rings. The van der Waals surface area contributed by atoms with Gasteiger partial charge in [0, 0.05) is 17.3 Å². The van der Waals surface area contributed by atoms with Crippen molar-refractivity contribution in [1.29, 1.82) is 0 Å². The summed E-state index contributed by atoms with van der Waals surface area (Å²) >= 11 is 0. The van der Waals surface area contributed by atoms with Gasteiger partial charge in [-0.1, -0.05) is 6.92 Å². The lowest BCUT2D eigenvalue weighted by Crippen LogP contribution is -2.44. The molecule has 2 rings (SSSR count). The topological polar surface area (TPSA) is 92.5 Å². The van der Waals surface area contributed by atoms with Gasteiger partial charge in [-0.15, -0.1) is 0 Å². The predicted octanol–water partition coefficient (Wildman–Crippen LogP) is 3.04. The second-order valence-electron chi connectivity index (χ2n) is 4.91. The molecule has 0 bridgehead atoms. The quantitative estimate of drug-likeness (QED) is 0.629. The van der Waals surface area contributed by atoms with Crippen LogP contribution in [0.4, 0.5) is 11.4 Å². The minimum Gasteiger partial charge on any atom is -0.477 e. The molecule has 0 spiro atoms. The first kappa shape index (κ1) is 13.3. The molecule has 0 unspecified atom stereocenters. The summed E-state index contributed by atoms with van der Waals surface area (Å²) in [4.78, 5) is 21.2. The molecule has 0 atom stereocenters. The van der Waals surface area contributed by atoms with Crippen molar-refractivity contribution >= 4 is 17.3 Å². The summed E-state index contributed by atoms with van der Waals surface area (Å²) < 4.78 is 0. The molecule has 1 aromatic rings. The number of carboxylic acid groups (broad SMARTS) is 1. The molecule has 1 aromatic carbocycles. The van der Waals surface area contributed by atoms with Crippen LogP contribution in [0, 0.1) is 10.1 Å². The number of carboxylic acids is 1. The van der Waals surface area contributed by atoms with Crippen LogP contribution in [0.15, 0.2) is 18.2 Å². The summed E-state index contributed by atoms with van der Waals surface area (Å²) in [5.74, 6) is -1.29. The van der Waals surface area contributed by atoms with Crippen LogP contribution in [0.2, 0.25) is 0 Å². The van der Waals surface area contributed by atoms with Crippen molar-refractivity contribution in [3.05, 3.63) is 33.9 Å². The second-order valence-corrected chi connectivity index (χ2v) is 4.91. The number of hydrogen-bond acceptors (Lipinski definition) is 4. The number of nitro groups is 1. The smallest absolute Gasteiger partial charge is 0.342 e. The van der Waals surface area contributed by atoms with Crippen molar-refractivity contribution < 1.29 is 14.8 Å². The van der Waals surface area contributed by atoms with Crippen molar-refractivity contribution in [1.82, 2.24) is 0 Å². The Morgan fingerprint density at radius 1 is 1.53 bits per heavy atom. The molecule has 19 heavy (non-hydrogen) atoms. The van der Waals surface area contributed by atoms with Crippen molar-refractivity contribution in [3.63, 3.8) is 0 Å². The van der Waals surface area contributed by atoms with Crippen LogP contribution in [-0.2, 0) is 0 Å². The van der Waals surface area contributed by atoms with Gasteiger partial charge < -0.3 is 10.4 Å². The van der Waals surface area contributed by atoms with E-state index in [-0.39, 0.29) is 16.8 Å². The Bertz CT molecular complexity index is 518. The fourth-order valence-corrected chi connectivity index (χ4v) is 2.42. The van der Waals surface area contributed by atoms with E-state index in [4.69, 9.17) is 5.11 Å². The molecule has 6 nitrogen and oxygen atoms in total. The third-order valence-electron chi connectivity index (χ3n) is 3.82. The molecule has 0 radical (unpaired) electrons. The first-order valence-corrected chi connectivity index (χ1v) is 6.27. The van der Waals surface area contributed by atoms with Gasteiger partial charge in [-0.3, -0.25) is 10.1 Å². The fraction of sp³-hybridized carbons (Fsp3) is 0.462. The molecule has 0 saturated heterocycles. The van der Waals surface area contributed by atoms with E-state index in [1.54, 1.807) is 6.07 Å². The third-order valence-corrected chi connectivity index (χ3v) is 3.82. The number of nitrogens with zero attached hydrogens (tertiary/aromatic N) is 1. The summed E-state index contributed by atoms with van der Waals surface area (Å²) in [7, 11) is 0. The van der Waals surface area contributed by atoms with Gasteiger partial charge in [0.2, 0.25) is 0 Å². The predicted molar refractivity (Wildman–Crippen MR) is 70.6 cm³/mol. The normalized spacial score (nSPS) is 16.5. The Morgan fingerprint density at radius 3 is 2.63 bits per heavy atom. The average Bonchev–Trinajstić information content (AvgIpc) is 2.33. The number of hydrogen-bond donors (Lipinski definition) is 2. The standard InChI is InChI=1S/C13H16N2O4/c1-2-13(6-3-7-13)14-9-4-5-10(12(16)17)11(8-9)15(18)19/h4-5,8,14H,2-3,6-7H2,1H3,(H,16,17). The summed E-state index contributed by atoms with van der Waals surface area (Å²) in [6, 6.07) is 4.18. The Morgan fingerprint density at radius 2 is 2.21 bits per heavy atom. The number of benzene rings is 1. The molecule has 0 aromatic heterocycles. The number of rotatable bonds is 5. The number of aromatic carboxylic acids is 1. The lowest BCUT2D eigenvalue weighted by molar-refractivity contribution is -0.385. The van der Waals surface area contributed by atoms with Crippen LogP contribution >= 0.6 is 0 Å². The monoisotopic (exact) mass is 264 g/mol. The molecule has 1 saturated carbocycles. The molecular weight excluding hydrogens is 248 g/mol. The van der Waals surface area contributed by atoms with Crippen LogP contribution in [0.5, 0.6) is 0 Å². The molecule has 2 N–H and O–H groups in total. The number of anilines is 1. The summed E-state index contributed by atoms with van der Waals surface area (Å²) in [6.07, 6.45) is 4.17. The van der Waals surface area contributed by atoms with Crippen LogP contribution < -0.4 is 5.32 Å². The highest BCUT2D eigenvalue weighted by molar-refractivity contribution is 5.93. The Kier molecular flexibility index (Phi) is 3.42. The molecule has 6 heteroatoms. The molecule has 1 fully saturated rings. The van der Waals surface area contributed by atoms with Gasteiger partial charge >= 0.3 is 5.97 Å². The zero-order valence-electron chi connectivity index (χ0n) is 10.7. The van der Waals surface area contributed by atoms with Gasteiger partial charge in [0.15, 0.2) is 0 Å². The molecule has 1 aliphatic carbocycles. The molecular formula is C13H16N2O4. The van der Waals surface area contributed by atoms with Gasteiger partial charge in [-0.2, -0.15) is 0 Å². The summed E-state index contributed by atoms with van der Waals surface area (Å²) in [5, 5.41) is 23.1. The lowest BCUT2D eigenvalue weighted by atomic mass is 9.74. The molecule has 0 aliphatic heterocycles. The van der Waals surface area contributed by atoms with Gasteiger partial charge in [-0.25, -0.2) is 4.79 Å². The van der Waals surface area contributed by atoms with Crippen LogP contribution in [-0.4, -0.2) is 21.5 Å². The second kappa shape index (κ2) is 4.87. The Labute approximate surface area is 110 Å². The zero-order valence-corrected chi connectivity index (χ0v) is 10.7. The van der Waals surface area contributed by atoms with E-state index in [1.165, 1.54) is 12.1 Å². The number of carbonyl (C=O) groups is 1. The third kappa shape index (κ3) is 2.52. The fourth-order valence-electron chi connectivity index (χ4n) is 2.42. The minimum atomic E-state index is -1.29. The highest BCUT2D eigenvalue weighted by Crippen LogP contribution is 2.38. The molecule has 102 valence electrons. The highest BCUT2D eigenvalue weighted by atomic mass is 16.6. The Hall–Kier alpha value is -2.11. The van der Waals surface area contributed by atoms with Crippen molar-refractivity contribution in [2.45, 2.75) is 38.1 Å². The van der Waals surface area contributed by atoms with Gasteiger partial charge in [-0.05, 0) is 37.8 Å². The van der Waals surface area contributed by atoms with E-state index < -0.39 is 10.9 Å². The van der Waals surface area contributed by atoms with Gasteiger partial charge in [0.1, 0.15) is 5.56 Å². The largest absolute Gasteiger partial charge is 0.477 e. The zero-order chi connectivity index (χ0) is 14.0. The van der Waals surface area contributed by atoms with E-state index in [9.17, 15) is 14.9 Å². The van der Waals surface area contributed by atoms with Crippen LogP contribution in [0.3, 0.4) is 0 Å². The first-order valence-electron chi connectivity index (χ1n) is 6.27. The van der Waals surface area contributed by atoms with E-state index in [0.717, 1.165) is 25.7 Å². The van der Waals surface area contributed by atoms with E-state index >= 15 is 0 Å². The maximum absolute atomic E-state index is 10.9. The maximum Gasteiger partial charge on any atom is 0.342 e. The summed E-state index contributed by atoms with van der Waals surface area (Å²) in [5.41, 5.74) is -0.0328. The van der Waals surface area contributed by atoms with Crippen LogP contribution in [0.25, 0.3) is 0 Å². The van der Waals surface area contributed by atoms with Gasteiger partial charge in [0.25, 0.3) is 5.69 Å². The van der Waals surface area contributed by atoms with E-state index in [0.29, 0.717) is 5.69 Å². The maximum atomic E-state index is 10.9. The van der Waals surface area contributed by atoms with Crippen molar-refractivity contribution in [2.24, 2.45) is 0 Å². The summed E-state index contributed by atoms with van der Waals surface area (Å²) in [6.45, 7) is 2.08. The highest BCUT2D eigenvalue weighted by Gasteiger charge is 2.35. The lowest BCUT2D eigenvalue weighted by Gasteiger charge is -2.42. The van der Waals surface area contributed by atoms with Crippen LogP contribution in [0.1, 0.15) is 43.0 Å². The number of nitro benzene ring substituents is 1. The average molecular weight is 264 g/mol. The Balaban J connectivity index is 2.30. The molecule has 0 heterocycles. The van der Waals surface area contributed by atoms with E-state index in [1.807, 2.05) is 0 Å². The van der Waals surface area contributed by atoms with Crippen molar-refractivity contribution in [3.8, 4) is 0 Å².